The zero-order valence-corrected chi connectivity index (χ0v) is 17.7. The lowest BCUT2D eigenvalue weighted by Gasteiger charge is -2.17. The number of pyridine rings is 1. The molecule has 4 rings (SSSR count). The van der Waals surface area contributed by atoms with E-state index in [1.165, 1.54) is 31.5 Å². The first-order chi connectivity index (χ1) is 16.2. The van der Waals surface area contributed by atoms with Gasteiger partial charge in [0.15, 0.2) is 5.82 Å². The molecule has 0 radical (unpaired) electrons. The van der Waals surface area contributed by atoms with Crippen LogP contribution in [0.25, 0.3) is 33.4 Å². The first-order valence-electron chi connectivity index (χ1n) is 9.87. The maximum Gasteiger partial charge on any atom is 0.341 e. The highest BCUT2D eigenvalue weighted by molar-refractivity contribution is 5.98. The third-order valence-electron chi connectivity index (χ3n) is 4.99. The summed E-state index contributed by atoms with van der Waals surface area (Å²) < 4.78 is 61.2. The van der Waals surface area contributed by atoms with Crippen LogP contribution < -0.4 is 15.8 Å². The fraction of sp³-hybridized carbons (Fsp3) is 0.130. The Labute approximate surface area is 190 Å². The van der Waals surface area contributed by atoms with Gasteiger partial charge >= 0.3 is 5.92 Å². The lowest BCUT2D eigenvalue weighted by molar-refractivity contribution is -0.139. The van der Waals surface area contributed by atoms with Gasteiger partial charge in [0.2, 0.25) is 0 Å². The monoisotopic (exact) mass is 471 g/mol. The summed E-state index contributed by atoms with van der Waals surface area (Å²) in [5.41, 5.74) is 5.82. The molecule has 0 atom stereocenters. The number of benzene rings is 2. The second kappa shape index (κ2) is 8.93. The molecule has 0 fully saturated rings. The van der Waals surface area contributed by atoms with E-state index in [1.807, 2.05) is 0 Å². The molecule has 11 heteroatoms. The minimum absolute atomic E-state index is 0.0475. The molecule has 0 aliphatic carbocycles. The predicted octanol–water partition coefficient (Wildman–Crippen LogP) is 4.18. The molecule has 2 aromatic heterocycles. The minimum atomic E-state index is -3.86. The van der Waals surface area contributed by atoms with Gasteiger partial charge in [0.25, 0.3) is 5.91 Å². The molecule has 0 unspecified atom stereocenters. The highest BCUT2D eigenvalue weighted by Gasteiger charge is 2.36. The molecule has 0 saturated carbocycles. The molecule has 0 bridgehead atoms. The molecule has 0 aliphatic heterocycles. The van der Waals surface area contributed by atoms with Gasteiger partial charge in [-0.3, -0.25) is 9.78 Å². The Morgan fingerprint density at radius 2 is 1.91 bits per heavy atom. The summed E-state index contributed by atoms with van der Waals surface area (Å²) in [4.78, 5) is 23.9. The number of carbonyl (C=O) groups is 1. The van der Waals surface area contributed by atoms with Gasteiger partial charge in [-0.05, 0) is 42.0 Å². The lowest BCUT2D eigenvalue weighted by Crippen LogP contribution is -2.41. The van der Waals surface area contributed by atoms with Gasteiger partial charge in [0, 0.05) is 35.0 Å². The number of rotatable bonds is 7. The molecule has 0 aliphatic rings. The van der Waals surface area contributed by atoms with Crippen molar-refractivity contribution in [3.8, 4) is 28.3 Å². The van der Waals surface area contributed by atoms with E-state index in [-0.39, 0.29) is 39.4 Å². The van der Waals surface area contributed by atoms with E-state index >= 15 is 0 Å². The van der Waals surface area contributed by atoms with E-state index in [9.17, 15) is 22.4 Å². The van der Waals surface area contributed by atoms with Crippen molar-refractivity contribution < 1.29 is 27.1 Å². The normalized spacial score (nSPS) is 11.4. The SMILES string of the molecule is COc1cc(-c2ccc(F)cc2F)cc2c(NCC(F)(F)C(N)=O)nc(-c3cccnc3)nc12. The summed E-state index contributed by atoms with van der Waals surface area (Å²) in [5, 5.41) is 2.64. The zero-order chi connectivity index (χ0) is 24.5. The van der Waals surface area contributed by atoms with Crippen molar-refractivity contribution in [1.82, 2.24) is 15.0 Å². The standard InChI is InChI=1S/C23H17F4N5O2/c1-34-18-8-13(15-5-4-14(24)9-17(15)25)7-16-19(18)31-20(12-3-2-6-29-10-12)32-21(16)30-11-23(26,27)22(28)33/h2-10H,11H2,1H3,(H2,28,33)(H,30,31,32). The fourth-order valence-electron chi connectivity index (χ4n) is 3.28. The average Bonchev–Trinajstić information content (AvgIpc) is 2.82. The van der Waals surface area contributed by atoms with Crippen molar-refractivity contribution in [1.29, 1.82) is 0 Å². The molecular formula is C23H17F4N5O2. The van der Waals surface area contributed by atoms with Crippen molar-refractivity contribution in [2.24, 2.45) is 5.73 Å². The van der Waals surface area contributed by atoms with E-state index in [1.54, 1.807) is 18.3 Å². The number of nitrogens with two attached hydrogens (primary N) is 1. The Morgan fingerprint density at radius 1 is 1.12 bits per heavy atom. The van der Waals surface area contributed by atoms with Gasteiger partial charge in [-0.25, -0.2) is 18.7 Å². The number of fused-ring (bicyclic) bond motifs is 1. The third-order valence-corrected chi connectivity index (χ3v) is 4.99. The molecule has 1 amide bonds. The van der Waals surface area contributed by atoms with Crippen LogP contribution in [-0.4, -0.2) is 40.4 Å². The van der Waals surface area contributed by atoms with E-state index in [4.69, 9.17) is 10.5 Å². The number of alkyl halides is 2. The van der Waals surface area contributed by atoms with Gasteiger partial charge in [0.1, 0.15) is 28.7 Å². The van der Waals surface area contributed by atoms with Crippen molar-refractivity contribution in [2.45, 2.75) is 5.92 Å². The quantitative estimate of drug-likeness (QED) is 0.392. The molecule has 3 N–H and O–H groups in total. The van der Waals surface area contributed by atoms with Crippen LogP contribution in [0.15, 0.2) is 54.9 Å². The molecule has 4 aromatic rings. The van der Waals surface area contributed by atoms with E-state index in [0.29, 0.717) is 5.56 Å². The Balaban J connectivity index is 1.94. The van der Waals surface area contributed by atoms with Gasteiger partial charge in [0.05, 0.1) is 13.7 Å². The number of ether oxygens (including phenoxy) is 1. The van der Waals surface area contributed by atoms with Crippen molar-refractivity contribution >= 4 is 22.6 Å². The second-order valence-electron chi connectivity index (χ2n) is 7.26. The number of nitrogens with one attached hydrogen (secondary N) is 1. The predicted molar refractivity (Wildman–Crippen MR) is 117 cm³/mol. The van der Waals surface area contributed by atoms with Crippen LogP contribution in [-0.2, 0) is 4.79 Å². The van der Waals surface area contributed by atoms with Crippen LogP contribution in [0.5, 0.6) is 5.75 Å². The molecule has 2 aromatic carbocycles. The van der Waals surface area contributed by atoms with Crippen molar-refractivity contribution in [2.75, 3.05) is 19.0 Å². The second-order valence-corrected chi connectivity index (χ2v) is 7.26. The summed E-state index contributed by atoms with van der Waals surface area (Å²) in [7, 11) is 1.36. The molecule has 174 valence electrons. The summed E-state index contributed by atoms with van der Waals surface area (Å²) in [5.74, 6) is -7.00. The van der Waals surface area contributed by atoms with E-state index in [0.717, 1.165) is 12.1 Å². The molecule has 2 heterocycles. The fourth-order valence-corrected chi connectivity index (χ4v) is 3.28. The first-order valence-corrected chi connectivity index (χ1v) is 9.87. The van der Waals surface area contributed by atoms with Gasteiger partial charge in [-0.2, -0.15) is 8.78 Å². The van der Waals surface area contributed by atoms with Crippen LogP contribution in [0.3, 0.4) is 0 Å². The number of aromatic nitrogens is 3. The Hall–Kier alpha value is -4.28. The maximum absolute atomic E-state index is 14.5. The van der Waals surface area contributed by atoms with Crippen molar-refractivity contribution in [3.63, 3.8) is 0 Å². The zero-order valence-electron chi connectivity index (χ0n) is 17.7. The number of hydrogen-bond donors (Lipinski definition) is 2. The number of hydrogen-bond acceptors (Lipinski definition) is 6. The van der Waals surface area contributed by atoms with Crippen LogP contribution in [0.2, 0.25) is 0 Å². The number of primary amides is 1. The van der Waals surface area contributed by atoms with Crippen LogP contribution in [0.1, 0.15) is 0 Å². The number of amides is 1. The highest BCUT2D eigenvalue weighted by atomic mass is 19.3. The smallest absolute Gasteiger partial charge is 0.341 e. The van der Waals surface area contributed by atoms with Crippen LogP contribution in [0, 0.1) is 11.6 Å². The first kappa shape index (κ1) is 22.9. The van der Waals surface area contributed by atoms with Crippen molar-refractivity contribution in [3.05, 3.63) is 66.5 Å². The number of methoxy groups -OCH3 is 1. The topological polar surface area (TPSA) is 103 Å². The van der Waals surface area contributed by atoms with E-state index < -0.39 is 30.0 Å². The molecule has 0 spiro atoms. The van der Waals surface area contributed by atoms with Crippen LogP contribution in [0.4, 0.5) is 23.4 Å². The van der Waals surface area contributed by atoms with Gasteiger partial charge in [-0.1, -0.05) is 0 Å². The third kappa shape index (κ3) is 4.45. The number of anilines is 1. The molecule has 34 heavy (non-hydrogen) atoms. The Kier molecular flexibility index (Phi) is 6.01. The van der Waals surface area contributed by atoms with E-state index in [2.05, 4.69) is 20.3 Å². The number of carbonyl (C=O) groups excluding carboxylic acids is 1. The average molecular weight is 471 g/mol. The highest BCUT2D eigenvalue weighted by Crippen LogP contribution is 2.37. The minimum Gasteiger partial charge on any atom is -0.494 e. The summed E-state index contributed by atoms with van der Waals surface area (Å²) in [6.07, 6.45) is 3.03. The maximum atomic E-state index is 14.5. The molecular weight excluding hydrogens is 454 g/mol. The Morgan fingerprint density at radius 3 is 2.56 bits per heavy atom. The Bertz CT molecular complexity index is 1380. The van der Waals surface area contributed by atoms with Gasteiger partial charge < -0.3 is 15.8 Å². The molecule has 0 saturated heterocycles. The van der Waals surface area contributed by atoms with Crippen LogP contribution >= 0.6 is 0 Å². The molecule has 7 nitrogen and oxygen atoms in total. The summed E-state index contributed by atoms with van der Waals surface area (Å²) >= 11 is 0. The largest absolute Gasteiger partial charge is 0.494 e. The lowest BCUT2D eigenvalue weighted by atomic mass is 10.0. The number of nitrogens with zero attached hydrogens (tertiary/aromatic N) is 3. The van der Waals surface area contributed by atoms with Gasteiger partial charge in [-0.15, -0.1) is 0 Å². The summed E-state index contributed by atoms with van der Waals surface area (Å²) in [6, 6.07) is 9.31. The summed E-state index contributed by atoms with van der Waals surface area (Å²) in [6.45, 7) is -1.14. The number of halogens is 4.